The van der Waals surface area contributed by atoms with Gasteiger partial charge in [0.05, 0.1) is 4.47 Å². The molecule has 1 aromatic heterocycles. The average molecular weight is 255 g/mol. The first-order chi connectivity index (χ1) is 6.58. The van der Waals surface area contributed by atoms with Crippen LogP contribution in [0.15, 0.2) is 22.8 Å². The molecule has 1 aromatic rings. The van der Waals surface area contributed by atoms with Gasteiger partial charge in [0.25, 0.3) is 0 Å². The summed E-state index contributed by atoms with van der Waals surface area (Å²) in [6, 6.07) is 4.00. The molecule has 76 valence electrons. The monoisotopic (exact) mass is 254 g/mol. The maximum absolute atomic E-state index is 4.40. The number of nitrogens with zero attached hydrogens (tertiary/aromatic N) is 2. The third-order valence-electron chi connectivity index (χ3n) is 2.72. The molecule has 0 atom stereocenters. The summed E-state index contributed by atoms with van der Waals surface area (Å²) in [5.74, 6) is 1.08. The predicted octanol–water partition coefficient (Wildman–Crippen LogP) is 3.08. The van der Waals surface area contributed by atoms with E-state index < -0.39 is 0 Å². The molecule has 1 aliphatic rings. The second-order valence-corrected chi connectivity index (χ2v) is 5.50. The lowest BCUT2D eigenvalue weighted by Crippen LogP contribution is -2.23. The fourth-order valence-electron chi connectivity index (χ4n) is 1.90. The van der Waals surface area contributed by atoms with Crippen LogP contribution in [0.2, 0.25) is 0 Å². The van der Waals surface area contributed by atoms with Crippen LogP contribution in [0.5, 0.6) is 0 Å². The van der Waals surface area contributed by atoms with E-state index in [9.17, 15) is 0 Å². The molecule has 3 heteroatoms. The summed E-state index contributed by atoms with van der Waals surface area (Å²) in [4.78, 5) is 6.76. The number of halogens is 1. The molecule has 0 aliphatic carbocycles. The molecule has 0 saturated carbocycles. The first-order valence-electron chi connectivity index (χ1n) is 4.94. The zero-order chi connectivity index (χ0) is 10.2. The molecule has 2 nitrogen and oxygen atoms in total. The fraction of sp³-hybridized carbons (Fsp3) is 0.545. The largest absolute Gasteiger partial charge is 0.355 e. The van der Waals surface area contributed by atoms with Gasteiger partial charge in [0.2, 0.25) is 0 Å². The molecule has 0 bridgehead atoms. The Balaban J connectivity index is 2.22. The van der Waals surface area contributed by atoms with E-state index in [0.717, 1.165) is 23.4 Å². The summed E-state index contributed by atoms with van der Waals surface area (Å²) in [5, 5.41) is 0. The Morgan fingerprint density at radius 2 is 2.29 bits per heavy atom. The zero-order valence-electron chi connectivity index (χ0n) is 8.63. The minimum absolute atomic E-state index is 0.428. The van der Waals surface area contributed by atoms with Crippen molar-refractivity contribution in [2.45, 2.75) is 20.3 Å². The number of pyridine rings is 1. The SMILES string of the molecule is CC1(C)CCN(c2ncccc2Br)C1. The second kappa shape index (κ2) is 3.54. The van der Waals surface area contributed by atoms with E-state index in [1.54, 1.807) is 0 Å². The molecule has 14 heavy (non-hydrogen) atoms. The van der Waals surface area contributed by atoms with Gasteiger partial charge >= 0.3 is 0 Å². The standard InChI is InChI=1S/C11H15BrN2/c1-11(2)5-7-14(8-11)10-9(12)4-3-6-13-10/h3-4,6H,5,7-8H2,1-2H3. The molecule has 1 aliphatic heterocycles. The molecule has 0 amide bonds. The highest BCUT2D eigenvalue weighted by atomic mass is 79.9. The minimum Gasteiger partial charge on any atom is -0.355 e. The van der Waals surface area contributed by atoms with Gasteiger partial charge < -0.3 is 4.90 Å². The smallest absolute Gasteiger partial charge is 0.142 e. The van der Waals surface area contributed by atoms with Crippen molar-refractivity contribution in [1.82, 2.24) is 4.98 Å². The van der Waals surface area contributed by atoms with Crippen molar-refractivity contribution in [2.75, 3.05) is 18.0 Å². The number of aromatic nitrogens is 1. The molecular weight excluding hydrogens is 240 g/mol. The lowest BCUT2D eigenvalue weighted by molar-refractivity contribution is 0.418. The van der Waals surface area contributed by atoms with Crippen molar-refractivity contribution in [2.24, 2.45) is 5.41 Å². The van der Waals surface area contributed by atoms with Crippen molar-refractivity contribution in [3.63, 3.8) is 0 Å². The van der Waals surface area contributed by atoms with Crippen LogP contribution < -0.4 is 4.90 Å². The fourth-order valence-corrected chi connectivity index (χ4v) is 2.41. The maximum Gasteiger partial charge on any atom is 0.142 e. The summed E-state index contributed by atoms with van der Waals surface area (Å²) in [6.07, 6.45) is 3.10. The van der Waals surface area contributed by atoms with E-state index in [0.29, 0.717) is 5.41 Å². The first kappa shape index (κ1) is 9.97. The van der Waals surface area contributed by atoms with Crippen molar-refractivity contribution < 1.29 is 0 Å². The highest BCUT2D eigenvalue weighted by Gasteiger charge is 2.30. The molecule has 0 unspecified atom stereocenters. The van der Waals surface area contributed by atoms with Gasteiger partial charge in [0.15, 0.2) is 0 Å². The van der Waals surface area contributed by atoms with E-state index >= 15 is 0 Å². The third kappa shape index (κ3) is 1.92. The number of anilines is 1. The summed E-state index contributed by atoms with van der Waals surface area (Å²) in [5.41, 5.74) is 0.428. The Labute approximate surface area is 93.5 Å². The van der Waals surface area contributed by atoms with E-state index in [4.69, 9.17) is 0 Å². The number of hydrogen-bond donors (Lipinski definition) is 0. The lowest BCUT2D eigenvalue weighted by Gasteiger charge is -2.21. The molecule has 0 spiro atoms. The van der Waals surface area contributed by atoms with Crippen LogP contribution in [0.25, 0.3) is 0 Å². The van der Waals surface area contributed by atoms with Crippen molar-refractivity contribution >= 4 is 21.7 Å². The van der Waals surface area contributed by atoms with Crippen LogP contribution in [-0.4, -0.2) is 18.1 Å². The molecule has 2 heterocycles. The van der Waals surface area contributed by atoms with Crippen molar-refractivity contribution in [3.05, 3.63) is 22.8 Å². The summed E-state index contributed by atoms with van der Waals surface area (Å²) >= 11 is 3.54. The van der Waals surface area contributed by atoms with Crippen LogP contribution in [0.4, 0.5) is 5.82 Å². The lowest BCUT2D eigenvalue weighted by atomic mass is 9.93. The third-order valence-corrected chi connectivity index (χ3v) is 3.33. The van der Waals surface area contributed by atoms with Gasteiger partial charge in [0, 0.05) is 19.3 Å². The Kier molecular flexibility index (Phi) is 2.52. The summed E-state index contributed by atoms with van der Waals surface area (Å²) in [6.45, 7) is 6.83. The van der Waals surface area contributed by atoms with Crippen LogP contribution >= 0.6 is 15.9 Å². The number of rotatable bonds is 1. The average Bonchev–Trinajstić information content (AvgIpc) is 2.47. The quantitative estimate of drug-likeness (QED) is 0.766. The zero-order valence-corrected chi connectivity index (χ0v) is 10.2. The highest BCUT2D eigenvalue weighted by Crippen LogP contribution is 2.34. The van der Waals surface area contributed by atoms with Crippen LogP contribution in [-0.2, 0) is 0 Å². The van der Waals surface area contributed by atoms with Crippen LogP contribution in [0.1, 0.15) is 20.3 Å². The van der Waals surface area contributed by atoms with Gasteiger partial charge in [-0.15, -0.1) is 0 Å². The maximum atomic E-state index is 4.40. The molecule has 0 aromatic carbocycles. The minimum atomic E-state index is 0.428. The molecule has 1 saturated heterocycles. The van der Waals surface area contributed by atoms with Gasteiger partial charge in [-0.25, -0.2) is 4.98 Å². The van der Waals surface area contributed by atoms with E-state index in [1.165, 1.54) is 6.42 Å². The Bertz CT molecular complexity index is 336. The molecule has 2 rings (SSSR count). The molecule has 1 fully saturated rings. The number of hydrogen-bond acceptors (Lipinski definition) is 2. The highest BCUT2D eigenvalue weighted by molar-refractivity contribution is 9.10. The van der Waals surface area contributed by atoms with E-state index in [-0.39, 0.29) is 0 Å². The van der Waals surface area contributed by atoms with Gasteiger partial charge in [-0.1, -0.05) is 13.8 Å². The Hall–Kier alpha value is -0.570. The molecule has 0 radical (unpaired) electrons. The van der Waals surface area contributed by atoms with Crippen molar-refractivity contribution in [3.8, 4) is 0 Å². The Morgan fingerprint density at radius 3 is 2.86 bits per heavy atom. The van der Waals surface area contributed by atoms with Crippen molar-refractivity contribution in [1.29, 1.82) is 0 Å². The van der Waals surface area contributed by atoms with Gasteiger partial charge in [-0.05, 0) is 39.9 Å². The second-order valence-electron chi connectivity index (χ2n) is 4.64. The van der Waals surface area contributed by atoms with Gasteiger partial charge in [-0.3, -0.25) is 0 Å². The summed E-state index contributed by atoms with van der Waals surface area (Å²) in [7, 11) is 0. The Morgan fingerprint density at radius 1 is 1.50 bits per heavy atom. The van der Waals surface area contributed by atoms with Gasteiger partial charge in [0.1, 0.15) is 5.82 Å². The normalized spacial score (nSPS) is 20.1. The predicted molar refractivity (Wildman–Crippen MR) is 62.5 cm³/mol. The topological polar surface area (TPSA) is 16.1 Å². The van der Waals surface area contributed by atoms with E-state index in [2.05, 4.69) is 39.7 Å². The van der Waals surface area contributed by atoms with Crippen LogP contribution in [0.3, 0.4) is 0 Å². The summed E-state index contributed by atoms with van der Waals surface area (Å²) < 4.78 is 1.10. The molecule has 0 N–H and O–H groups in total. The van der Waals surface area contributed by atoms with Gasteiger partial charge in [-0.2, -0.15) is 0 Å². The van der Waals surface area contributed by atoms with E-state index in [1.807, 2.05) is 18.3 Å². The first-order valence-corrected chi connectivity index (χ1v) is 5.73. The van der Waals surface area contributed by atoms with Crippen LogP contribution in [0, 0.1) is 5.41 Å². The molecular formula is C11H15BrN2.